The van der Waals surface area contributed by atoms with Crippen molar-refractivity contribution < 1.29 is 23.4 Å². The van der Waals surface area contributed by atoms with Crippen molar-refractivity contribution in [2.75, 3.05) is 45.7 Å². The molecule has 2 aromatic carbocycles. The molecule has 2 fully saturated rings. The molecule has 1 N–H and O–H groups in total. The molecule has 0 aromatic heterocycles. The number of halogens is 1. The van der Waals surface area contributed by atoms with Crippen molar-refractivity contribution in [1.29, 1.82) is 0 Å². The summed E-state index contributed by atoms with van der Waals surface area (Å²) in [6.45, 7) is 3.28. The summed E-state index contributed by atoms with van der Waals surface area (Å²) in [5.74, 6) is 1.29. The Labute approximate surface area is 194 Å². The van der Waals surface area contributed by atoms with Gasteiger partial charge in [0.25, 0.3) is 0 Å². The van der Waals surface area contributed by atoms with Crippen LogP contribution in [-0.2, 0) is 0 Å². The summed E-state index contributed by atoms with van der Waals surface area (Å²) < 4.78 is 30.3. The van der Waals surface area contributed by atoms with E-state index in [-0.39, 0.29) is 18.0 Å². The Morgan fingerprint density at radius 1 is 0.939 bits per heavy atom. The molecule has 2 amide bonds. The molecular weight excluding hydrogens is 425 g/mol. The van der Waals surface area contributed by atoms with E-state index in [9.17, 15) is 9.18 Å². The first-order valence-electron chi connectivity index (χ1n) is 11.5. The van der Waals surface area contributed by atoms with Crippen molar-refractivity contribution in [2.45, 2.75) is 37.8 Å². The molecule has 2 heterocycles. The molecule has 0 spiro atoms. The van der Waals surface area contributed by atoms with E-state index in [1.54, 1.807) is 50.6 Å². The molecule has 0 aliphatic carbocycles. The number of hydrogen-bond acceptors (Lipinski definition) is 5. The molecule has 0 bridgehead atoms. The molecule has 2 aliphatic heterocycles. The number of urea groups is 1. The van der Waals surface area contributed by atoms with Crippen LogP contribution in [0.5, 0.6) is 17.2 Å². The van der Waals surface area contributed by atoms with E-state index in [1.807, 2.05) is 4.90 Å². The standard InChI is InChI=1S/C25H32FN3O4/c1-31-21-15-18(16-22(17-21)32-2)27-25(30)29-11-7-19(8-12-29)28-13-9-20(10-14-28)33-24-6-4-3-5-23(24)26/h3-6,15-17,19-20H,7-14H2,1-2H3,(H,27,30). The van der Waals surface area contributed by atoms with Crippen LogP contribution >= 0.6 is 0 Å². The number of nitrogens with one attached hydrogen (secondary N) is 1. The zero-order chi connectivity index (χ0) is 23.2. The highest BCUT2D eigenvalue weighted by molar-refractivity contribution is 5.90. The van der Waals surface area contributed by atoms with Gasteiger partial charge in [-0.15, -0.1) is 0 Å². The number of methoxy groups -OCH3 is 2. The highest BCUT2D eigenvalue weighted by atomic mass is 19.1. The van der Waals surface area contributed by atoms with Gasteiger partial charge in [-0.2, -0.15) is 0 Å². The van der Waals surface area contributed by atoms with E-state index in [2.05, 4.69) is 10.2 Å². The smallest absolute Gasteiger partial charge is 0.321 e. The fraction of sp³-hybridized carbons (Fsp3) is 0.480. The number of piperidine rings is 2. The summed E-state index contributed by atoms with van der Waals surface area (Å²) in [6.07, 6.45) is 3.68. The number of para-hydroxylation sites is 1. The van der Waals surface area contributed by atoms with Gasteiger partial charge in [0.05, 0.1) is 14.2 Å². The Morgan fingerprint density at radius 3 is 2.18 bits per heavy atom. The molecule has 0 unspecified atom stereocenters. The molecular formula is C25H32FN3O4. The number of carbonyl (C=O) groups excluding carboxylic acids is 1. The van der Waals surface area contributed by atoms with Gasteiger partial charge in [-0.05, 0) is 37.8 Å². The second-order valence-corrected chi connectivity index (χ2v) is 8.53. The van der Waals surface area contributed by atoms with Crippen LogP contribution in [0.4, 0.5) is 14.9 Å². The molecule has 8 heteroatoms. The average molecular weight is 458 g/mol. The van der Waals surface area contributed by atoms with Gasteiger partial charge in [-0.25, -0.2) is 9.18 Å². The number of nitrogens with zero attached hydrogens (tertiary/aromatic N) is 2. The van der Waals surface area contributed by atoms with Crippen molar-refractivity contribution in [3.63, 3.8) is 0 Å². The van der Waals surface area contributed by atoms with Crippen molar-refractivity contribution >= 4 is 11.7 Å². The largest absolute Gasteiger partial charge is 0.497 e. The van der Waals surface area contributed by atoms with Gasteiger partial charge in [0.15, 0.2) is 11.6 Å². The highest BCUT2D eigenvalue weighted by Gasteiger charge is 2.30. The van der Waals surface area contributed by atoms with Crippen LogP contribution in [0.25, 0.3) is 0 Å². The molecule has 0 atom stereocenters. The monoisotopic (exact) mass is 457 g/mol. The average Bonchev–Trinajstić information content (AvgIpc) is 2.85. The van der Waals surface area contributed by atoms with E-state index in [0.29, 0.717) is 42.1 Å². The Balaban J connectivity index is 1.23. The Kier molecular flexibility index (Phi) is 7.54. The SMILES string of the molecule is COc1cc(NC(=O)N2CCC(N3CCC(Oc4ccccc4F)CC3)CC2)cc(OC)c1. The number of likely N-dealkylation sites (tertiary alicyclic amines) is 2. The lowest BCUT2D eigenvalue weighted by Crippen LogP contribution is -2.50. The molecule has 7 nitrogen and oxygen atoms in total. The minimum atomic E-state index is -0.307. The number of anilines is 1. The number of ether oxygens (including phenoxy) is 3. The van der Waals surface area contributed by atoms with Crippen LogP contribution in [0.15, 0.2) is 42.5 Å². The minimum Gasteiger partial charge on any atom is -0.497 e. The Morgan fingerprint density at radius 2 is 1.58 bits per heavy atom. The molecule has 0 radical (unpaired) electrons. The van der Waals surface area contributed by atoms with Gasteiger partial charge >= 0.3 is 6.03 Å². The normalized spacial score (nSPS) is 18.1. The van der Waals surface area contributed by atoms with E-state index in [1.165, 1.54) is 6.07 Å². The maximum absolute atomic E-state index is 13.8. The molecule has 0 saturated carbocycles. The number of carbonyl (C=O) groups is 1. The quantitative estimate of drug-likeness (QED) is 0.698. The third-order valence-electron chi connectivity index (χ3n) is 6.48. The van der Waals surface area contributed by atoms with E-state index in [0.717, 1.165) is 38.8 Å². The van der Waals surface area contributed by atoms with Crippen LogP contribution in [0, 0.1) is 5.82 Å². The molecule has 2 aromatic rings. The summed E-state index contributed by atoms with van der Waals surface area (Å²) in [7, 11) is 3.17. The molecule has 2 saturated heterocycles. The number of amides is 2. The van der Waals surface area contributed by atoms with Crippen LogP contribution in [0.2, 0.25) is 0 Å². The number of hydrogen-bond donors (Lipinski definition) is 1. The van der Waals surface area contributed by atoms with Crippen LogP contribution < -0.4 is 19.5 Å². The fourth-order valence-corrected chi connectivity index (χ4v) is 4.59. The Hall–Kier alpha value is -3.00. The first-order chi connectivity index (χ1) is 16.1. The summed E-state index contributed by atoms with van der Waals surface area (Å²) >= 11 is 0. The highest BCUT2D eigenvalue weighted by Crippen LogP contribution is 2.28. The van der Waals surface area contributed by atoms with Crippen molar-refractivity contribution in [2.24, 2.45) is 0 Å². The topological polar surface area (TPSA) is 63.3 Å². The second-order valence-electron chi connectivity index (χ2n) is 8.53. The summed E-state index contributed by atoms with van der Waals surface area (Å²) in [5, 5.41) is 2.96. The fourth-order valence-electron chi connectivity index (χ4n) is 4.59. The number of rotatable bonds is 6. The summed E-state index contributed by atoms with van der Waals surface area (Å²) in [5.41, 5.74) is 0.648. The van der Waals surface area contributed by atoms with E-state index < -0.39 is 0 Å². The molecule has 178 valence electrons. The van der Waals surface area contributed by atoms with Crippen LogP contribution in [-0.4, -0.2) is 68.4 Å². The van der Waals surface area contributed by atoms with Crippen molar-refractivity contribution in [3.05, 3.63) is 48.3 Å². The van der Waals surface area contributed by atoms with Gasteiger partial charge in [0.2, 0.25) is 0 Å². The lowest BCUT2D eigenvalue weighted by molar-refractivity contribution is 0.0529. The lowest BCUT2D eigenvalue weighted by Gasteiger charge is -2.41. The lowest BCUT2D eigenvalue weighted by atomic mass is 9.99. The van der Waals surface area contributed by atoms with Gasteiger partial charge in [-0.3, -0.25) is 4.90 Å². The predicted octanol–water partition coefficient (Wildman–Crippen LogP) is 4.38. The van der Waals surface area contributed by atoms with Crippen LogP contribution in [0.3, 0.4) is 0 Å². The van der Waals surface area contributed by atoms with E-state index in [4.69, 9.17) is 14.2 Å². The minimum absolute atomic E-state index is 0.0453. The van der Waals surface area contributed by atoms with Crippen molar-refractivity contribution in [1.82, 2.24) is 9.80 Å². The number of benzene rings is 2. The summed E-state index contributed by atoms with van der Waals surface area (Å²) in [4.78, 5) is 17.1. The molecule has 4 rings (SSSR count). The van der Waals surface area contributed by atoms with Gasteiger partial charge < -0.3 is 24.4 Å². The van der Waals surface area contributed by atoms with Gasteiger partial charge in [0.1, 0.15) is 17.6 Å². The molecule has 2 aliphatic rings. The molecule has 33 heavy (non-hydrogen) atoms. The summed E-state index contributed by atoms with van der Waals surface area (Å²) in [6, 6.07) is 12.3. The van der Waals surface area contributed by atoms with Crippen molar-refractivity contribution in [3.8, 4) is 17.2 Å². The van der Waals surface area contributed by atoms with Crippen LogP contribution in [0.1, 0.15) is 25.7 Å². The second kappa shape index (κ2) is 10.7. The third-order valence-corrected chi connectivity index (χ3v) is 6.48. The first kappa shape index (κ1) is 23.2. The zero-order valence-corrected chi connectivity index (χ0v) is 19.3. The van der Waals surface area contributed by atoms with Gasteiger partial charge in [-0.1, -0.05) is 12.1 Å². The maximum Gasteiger partial charge on any atom is 0.321 e. The zero-order valence-electron chi connectivity index (χ0n) is 19.3. The third kappa shape index (κ3) is 5.87. The van der Waals surface area contributed by atoms with Gasteiger partial charge in [0, 0.05) is 56.1 Å². The maximum atomic E-state index is 13.8. The Bertz CT molecular complexity index is 919. The first-order valence-corrected chi connectivity index (χ1v) is 11.5. The predicted molar refractivity (Wildman–Crippen MR) is 125 cm³/mol. The van der Waals surface area contributed by atoms with E-state index >= 15 is 0 Å².